The molecule has 5 nitrogen and oxygen atoms in total. The second-order valence-corrected chi connectivity index (χ2v) is 5.20. The Morgan fingerprint density at radius 2 is 2.00 bits per heavy atom. The van der Waals surface area contributed by atoms with E-state index < -0.39 is 0 Å². The molecule has 1 heterocycles. The summed E-state index contributed by atoms with van der Waals surface area (Å²) in [6.07, 6.45) is 1.79. The summed E-state index contributed by atoms with van der Waals surface area (Å²) >= 11 is 0. The van der Waals surface area contributed by atoms with E-state index in [9.17, 15) is 9.59 Å². The van der Waals surface area contributed by atoms with E-state index in [2.05, 4.69) is 5.32 Å². The summed E-state index contributed by atoms with van der Waals surface area (Å²) in [7, 11) is 1.64. The average molecular weight is 290 g/mol. The molecule has 21 heavy (non-hydrogen) atoms. The number of ether oxygens (including phenoxy) is 1. The summed E-state index contributed by atoms with van der Waals surface area (Å²) in [5.41, 5.74) is 1.15. The van der Waals surface area contributed by atoms with Crippen LogP contribution in [0.3, 0.4) is 0 Å². The maximum atomic E-state index is 12.3. The van der Waals surface area contributed by atoms with E-state index in [1.54, 1.807) is 12.0 Å². The highest BCUT2D eigenvalue weighted by atomic mass is 16.5. The fraction of sp³-hybridized carbons (Fsp3) is 0.500. The van der Waals surface area contributed by atoms with E-state index in [1.165, 1.54) is 0 Å². The smallest absolute Gasteiger partial charge is 0.245 e. The van der Waals surface area contributed by atoms with Gasteiger partial charge in [-0.05, 0) is 30.5 Å². The molecule has 1 aliphatic heterocycles. The molecular weight excluding hydrogens is 268 g/mol. The number of carbonyl (C=O) groups is 2. The minimum Gasteiger partial charge on any atom is -0.497 e. The van der Waals surface area contributed by atoms with E-state index in [1.807, 2.05) is 31.2 Å². The van der Waals surface area contributed by atoms with Crippen LogP contribution >= 0.6 is 0 Å². The summed E-state index contributed by atoms with van der Waals surface area (Å²) in [4.78, 5) is 25.7. The van der Waals surface area contributed by atoms with E-state index in [-0.39, 0.29) is 17.9 Å². The van der Waals surface area contributed by atoms with Crippen LogP contribution in [0.5, 0.6) is 5.75 Å². The van der Waals surface area contributed by atoms with Gasteiger partial charge in [0.25, 0.3) is 0 Å². The molecule has 1 fully saturated rings. The first-order chi connectivity index (χ1) is 10.1. The van der Waals surface area contributed by atoms with Gasteiger partial charge in [0, 0.05) is 19.5 Å². The van der Waals surface area contributed by atoms with Gasteiger partial charge in [-0.3, -0.25) is 9.59 Å². The Balaban J connectivity index is 1.96. The minimum atomic E-state index is -0.379. The van der Waals surface area contributed by atoms with Crippen LogP contribution in [0, 0.1) is 0 Å². The van der Waals surface area contributed by atoms with Gasteiger partial charge < -0.3 is 15.0 Å². The van der Waals surface area contributed by atoms with Crippen molar-refractivity contribution in [2.45, 2.75) is 32.2 Å². The molecule has 0 radical (unpaired) electrons. The normalized spacial score (nSPS) is 19.1. The van der Waals surface area contributed by atoms with E-state index in [4.69, 9.17) is 4.74 Å². The Kier molecular flexibility index (Phi) is 5.20. The molecule has 1 saturated heterocycles. The van der Waals surface area contributed by atoms with Gasteiger partial charge in [0.2, 0.25) is 11.8 Å². The van der Waals surface area contributed by atoms with Crippen LogP contribution < -0.4 is 10.1 Å². The zero-order valence-electron chi connectivity index (χ0n) is 12.6. The highest BCUT2D eigenvalue weighted by molar-refractivity contribution is 5.89. The quantitative estimate of drug-likeness (QED) is 0.891. The predicted molar refractivity (Wildman–Crippen MR) is 80.1 cm³/mol. The fourth-order valence-corrected chi connectivity index (χ4v) is 2.45. The van der Waals surface area contributed by atoms with Gasteiger partial charge in [0.05, 0.1) is 7.11 Å². The molecule has 1 aliphatic rings. The molecule has 0 spiro atoms. The molecule has 1 unspecified atom stereocenters. The van der Waals surface area contributed by atoms with Crippen LogP contribution in [0.15, 0.2) is 24.3 Å². The highest BCUT2D eigenvalue weighted by Crippen LogP contribution is 2.13. The van der Waals surface area contributed by atoms with Gasteiger partial charge in [-0.2, -0.15) is 0 Å². The van der Waals surface area contributed by atoms with Gasteiger partial charge in [-0.15, -0.1) is 0 Å². The lowest BCUT2D eigenvalue weighted by Gasteiger charge is -2.23. The molecule has 1 N–H and O–H groups in total. The Bertz CT molecular complexity index is 499. The molecule has 0 aliphatic carbocycles. The van der Waals surface area contributed by atoms with Crippen LogP contribution in [0.25, 0.3) is 0 Å². The lowest BCUT2D eigenvalue weighted by atomic mass is 10.1. The lowest BCUT2D eigenvalue weighted by molar-refractivity contribution is -0.133. The molecule has 1 aromatic rings. The zero-order chi connectivity index (χ0) is 15.2. The average Bonchev–Trinajstić information content (AvgIpc) is 2.65. The zero-order valence-corrected chi connectivity index (χ0v) is 12.6. The topological polar surface area (TPSA) is 58.6 Å². The number of benzene rings is 1. The third-order valence-corrected chi connectivity index (χ3v) is 3.79. The Morgan fingerprint density at radius 1 is 1.29 bits per heavy atom. The highest BCUT2D eigenvalue weighted by Gasteiger charge is 2.27. The van der Waals surface area contributed by atoms with E-state index in [0.717, 1.165) is 17.7 Å². The van der Waals surface area contributed by atoms with Gasteiger partial charge in [0.15, 0.2) is 0 Å². The second-order valence-electron chi connectivity index (χ2n) is 5.20. The monoisotopic (exact) mass is 290 g/mol. The van der Waals surface area contributed by atoms with Gasteiger partial charge in [0.1, 0.15) is 11.8 Å². The maximum Gasteiger partial charge on any atom is 0.245 e. The van der Waals surface area contributed by atoms with Gasteiger partial charge in [-0.25, -0.2) is 0 Å². The van der Waals surface area contributed by atoms with Crippen molar-refractivity contribution in [3.8, 4) is 5.75 Å². The first kappa shape index (κ1) is 15.4. The van der Waals surface area contributed by atoms with Crippen molar-refractivity contribution in [2.75, 3.05) is 20.2 Å². The summed E-state index contributed by atoms with van der Waals surface area (Å²) in [6, 6.07) is 7.46. The molecule has 5 heteroatoms. The fourth-order valence-electron chi connectivity index (χ4n) is 2.45. The molecule has 114 valence electrons. The van der Waals surface area contributed by atoms with Crippen molar-refractivity contribution in [1.82, 2.24) is 10.2 Å². The largest absolute Gasteiger partial charge is 0.497 e. The number of amides is 2. The summed E-state index contributed by atoms with van der Waals surface area (Å²) in [5, 5.41) is 2.77. The molecule has 1 atom stereocenters. The SMILES string of the molecule is CCC1NC(=O)CCN(CCc2ccc(OC)cc2)C1=O. The van der Waals surface area contributed by atoms with Crippen LogP contribution in [-0.4, -0.2) is 43.0 Å². The van der Waals surface area contributed by atoms with Crippen molar-refractivity contribution >= 4 is 11.8 Å². The van der Waals surface area contributed by atoms with Crippen LogP contribution in [-0.2, 0) is 16.0 Å². The third kappa shape index (κ3) is 3.97. The van der Waals surface area contributed by atoms with E-state index >= 15 is 0 Å². The number of methoxy groups -OCH3 is 1. The minimum absolute atomic E-state index is 0.0249. The van der Waals surface area contributed by atoms with Crippen molar-refractivity contribution < 1.29 is 14.3 Å². The summed E-state index contributed by atoms with van der Waals surface area (Å²) in [5.74, 6) is 0.810. The van der Waals surface area contributed by atoms with Crippen molar-refractivity contribution in [3.63, 3.8) is 0 Å². The first-order valence-electron chi connectivity index (χ1n) is 7.35. The van der Waals surface area contributed by atoms with Gasteiger partial charge >= 0.3 is 0 Å². The number of rotatable bonds is 5. The maximum absolute atomic E-state index is 12.3. The Labute approximate surface area is 125 Å². The van der Waals surface area contributed by atoms with Crippen LogP contribution in [0.2, 0.25) is 0 Å². The third-order valence-electron chi connectivity index (χ3n) is 3.79. The molecular formula is C16H22N2O3. The van der Waals surface area contributed by atoms with Crippen molar-refractivity contribution in [3.05, 3.63) is 29.8 Å². The molecule has 2 rings (SSSR count). The van der Waals surface area contributed by atoms with Crippen LogP contribution in [0.1, 0.15) is 25.3 Å². The molecule has 0 saturated carbocycles. The molecule has 1 aromatic carbocycles. The predicted octanol–water partition coefficient (Wildman–Crippen LogP) is 1.36. The first-order valence-corrected chi connectivity index (χ1v) is 7.35. The number of hydrogen-bond acceptors (Lipinski definition) is 3. The number of nitrogens with zero attached hydrogens (tertiary/aromatic N) is 1. The van der Waals surface area contributed by atoms with E-state index in [0.29, 0.717) is 25.9 Å². The summed E-state index contributed by atoms with van der Waals surface area (Å²) in [6.45, 7) is 3.05. The van der Waals surface area contributed by atoms with Crippen LogP contribution in [0.4, 0.5) is 0 Å². The Morgan fingerprint density at radius 3 is 2.62 bits per heavy atom. The van der Waals surface area contributed by atoms with Gasteiger partial charge in [-0.1, -0.05) is 19.1 Å². The lowest BCUT2D eigenvalue weighted by Crippen LogP contribution is -2.44. The molecule has 0 bridgehead atoms. The molecule has 2 amide bonds. The second kappa shape index (κ2) is 7.11. The summed E-state index contributed by atoms with van der Waals surface area (Å²) < 4.78 is 5.13. The number of nitrogens with one attached hydrogen (secondary N) is 1. The van der Waals surface area contributed by atoms with Crippen molar-refractivity contribution in [2.24, 2.45) is 0 Å². The van der Waals surface area contributed by atoms with Crippen molar-refractivity contribution in [1.29, 1.82) is 0 Å². The Hall–Kier alpha value is -2.04. The standard InChI is InChI=1S/C16H22N2O3/c1-3-14-16(20)18(11-9-15(19)17-14)10-8-12-4-6-13(21-2)7-5-12/h4-7,14H,3,8-11H2,1-2H3,(H,17,19). The molecule has 0 aromatic heterocycles. The number of carbonyl (C=O) groups excluding carboxylic acids is 2. The number of hydrogen-bond donors (Lipinski definition) is 1.